The Morgan fingerprint density at radius 2 is 1.60 bits per heavy atom. The lowest BCUT2D eigenvalue weighted by Crippen LogP contribution is -2.47. The minimum atomic E-state index is -0.102. The van der Waals surface area contributed by atoms with Crippen LogP contribution in [0.25, 0.3) is 0 Å². The van der Waals surface area contributed by atoms with Gasteiger partial charge in [-0.2, -0.15) is 0 Å². The summed E-state index contributed by atoms with van der Waals surface area (Å²) in [6, 6.07) is 19.9. The summed E-state index contributed by atoms with van der Waals surface area (Å²) in [6.45, 7) is 1.16. The van der Waals surface area contributed by atoms with Crippen molar-refractivity contribution >= 4 is 17.5 Å². The number of aromatic nitrogens is 2. The molecule has 1 N–H and O–H groups in total. The molecule has 30 heavy (non-hydrogen) atoms. The molecule has 3 aromatic rings. The Balaban J connectivity index is 1.31. The molecule has 6 nitrogen and oxygen atoms in total. The Morgan fingerprint density at radius 1 is 0.933 bits per heavy atom. The van der Waals surface area contributed by atoms with Crippen molar-refractivity contribution in [3.63, 3.8) is 0 Å². The number of para-hydroxylation sites is 1. The van der Waals surface area contributed by atoms with Crippen molar-refractivity contribution < 1.29 is 9.53 Å². The average Bonchev–Trinajstić information content (AvgIpc) is 3.66. The van der Waals surface area contributed by atoms with Gasteiger partial charge in [-0.15, -0.1) is 0 Å². The number of anilines is 2. The van der Waals surface area contributed by atoms with E-state index in [0.717, 1.165) is 11.3 Å². The molecule has 1 aliphatic heterocycles. The fraction of sp³-hybridized carbons (Fsp3) is 0.292. The second-order valence-corrected chi connectivity index (χ2v) is 7.91. The molecule has 0 bridgehead atoms. The van der Waals surface area contributed by atoms with Crippen LogP contribution in [0.3, 0.4) is 0 Å². The molecule has 1 aliphatic carbocycles. The highest BCUT2D eigenvalue weighted by molar-refractivity contribution is 5.93. The summed E-state index contributed by atoms with van der Waals surface area (Å²) < 4.78 is 6.36. The van der Waals surface area contributed by atoms with E-state index in [9.17, 15) is 4.79 Å². The first kappa shape index (κ1) is 18.8. The van der Waals surface area contributed by atoms with Crippen molar-refractivity contribution in [3.05, 3.63) is 84.2 Å². The first-order valence-corrected chi connectivity index (χ1v) is 10.4. The maximum absolute atomic E-state index is 13.2. The van der Waals surface area contributed by atoms with Crippen molar-refractivity contribution in [1.29, 1.82) is 0 Å². The second-order valence-electron chi connectivity index (χ2n) is 7.91. The van der Waals surface area contributed by atoms with E-state index in [2.05, 4.69) is 27.4 Å². The zero-order chi connectivity index (χ0) is 20.3. The van der Waals surface area contributed by atoms with E-state index in [0.29, 0.717) is 30.5 Å². The van der Waals surface area contributed by atoms with Gasteiger partial charge in [0.1, 0.15) is 6.10 Å². The molecule has 2 aliphatic rings. The number of hydrogen-bond donors (Lipinski definition) is 1. The van der Waals surface area contributed by atoms with Gasteiger partial charge in [-0.05, 0) is 36.5 Å². The molecule has 2 aromatic carbocycles. The van der Waals surface area contributed by atoms with E-state index in [1.807, 2.05) is 53.4 Å². The Kier molecular flexibility index (Phi) is 5.15. The molecule has 152 valence electrons. The van der Waals surface area contributed by atoms with Gasteiger partial charge >= 0.3 is 0 Å². The summed E-state index contributed by atoms with van der Waals surface area (Å²) in [5.74, 6) is 0.981. The monoisotopic (exact) mass is 400 g/mol. The van der Waals surface area contributed by atoms with Gasteiger partial charge in [0.25, 0.3) is 5.91 Å². The van der Waals surface area contributed by atoms with Crippen LogP contribution in [0.4, 0.5) is 11.6 Å². The van der Waals surface area contributed by atoms with Crippen LogP contribution in [-0.4, -0.2) is 40.0 Å². The van der Waals surface area contributed by atoms with E-state index in [1.165, 1.54) is 12.8 Å². The first-order valence-electron chi connectivity index (χ1n) is 10.4. The molecule has 0 radical (unpaired) electrons. The van der Waals surface area contributed by atoms with Crippen LogP contribution in [0.5, 0.6) is 0 Å². The maximum atomic E-state index is 13.2. The van der Waals surface area contributed by atoms with Crippen molar-refractivity contribution in [1.82, 2.24) is 14.9 Å². The summed E-state index contributed by atoms with van der Waals surface area (Å²) in [4.78, 5) is 23.8. The Labute approximate surface area is 175 Å². The Bertz CT molecular complexity index is 991. The second kappa shape index (κ2) is 8.24. The normalized spacial score (nSPS) is 21.3. The van der Waals surface area contributed by atoms with Crippen LogP contribution >= 0.6 is 0 Å². The number of hydrogen-bond acceptors (Lipinski definition) is 5. The summed E-state index contributed by atoms with van der Waals surface area (Å²) in [5.41, 5.74) is 2.51. The number of carbonyl (C=O) groups is 1. The Hall–Kier alpha value is -3.25. The van der Waals surface area contributed by atoms with Gasteiger partial charge in [-0.25, -0.2) is 9.97 Å². The van der Waals surface area contributed by atoms with Gasteiger partial charge in [0.2, 0.25) is 5.95 Å². The molecule has 2 fully saturated rings. The number of rotatable bonds is 5. The largest absolute Gasteiger partial charge is 0.366 e. The number of amides is 1. The van der Waals surface area contributed by atoms with Crippen molar-refractivity contribution in [3.8, 4) is 0 Å². The summed E-state index contributed by atoms with van der Waals surface area (Å²) in [5, 5.41) is 3.14. The lowest BCUT2D eigenvalue weighted by molar-refractivity contribution is -0.0864. The van der Waals surface area contributed by atoms with Crippen LogP contribution < -0.4 is 5.32 Å². The smallest absolute Gasteiger partial charge is 0.257 e. The highest BCUT2D eigenvalue weighted by Gasteiger charge is 2.40. The fourth-order valence-electron chi connectivity index (χ4n) is 3.87. The number of nitrogens with one attached hydrogen (secondary N) is 1. The van der Waals surface area contributed by atoms with E-state index in [-0.39, 0.29) is 18.1 Å². The summed E-state index contributed by atoms with van der Waals surface area (Å²) in [6.07, 6.45) is 5.54. The van der Waals surface area contributed by atoms with Crippen LogP contribution in [0, 0.1) is 5.92 Å². The molecular formula is C24H24N4O2. The lowest BCUT2D eigenvalue weighted by Gasteiger charge is -2.38. The van der Waals surface area contributed by atoms with Gasteiger partial charge in [0.15, 0.2) is 0 Å². The number of ether oxygens (including phenoxy) is 1. The number of benzene rings is 2. The van der Waals surface area contributed by atoms with E-state index in [1.54, 1.807) is 12.4 Å². The summed E-state index contributed by atoms with van der Waals surface area (Å²) >= 11 is 0. The van der Waals surface area contributed by atoms with E-state index >= 15 is 0 Å². The van der Waals surface area contributed by atoms with Crippen LogP contribution in [0.15, 0.2) is 73.1 Å². The third-order valence-corrected chi connectivity index (χ3v) is 5.66. The third kappa shape index (κ3) is 4.19. The van der Waals surface area contributed by atoms with Crippen molar-refractivity contribution in [2.24, 2.45) is 5.92 Å². The van der Waals surface area contributed by atoms with Gasteiger partial charge in [0.05, 0.1) is 18.2 Å². The quantitative estimate of drug-likeness (QED) is 0.695. The van der Waals surface area contributed by atoms with E-state index < -0.39 is 0 Å². The number of carbonyl (C=O) groups excluding carboxylic acids is 1. The molecule has 1 amide bonds. The number of nitrogens with zero attached hydrogens (tertiary/aromatic N) is 3. The zero-order valence-corrected chi connectivity index (χ0v) is 16.6. The van der Waals surface area contributed by atoms with Gasteiger partial charge in [-0.3, -0.25) is 4.79 Å². The SMILES string of the molecule is O=C(c1cnc(Nc2ccccc2)nc1)N1C[C@@H](c2ccccc2)O[C@@H](C2CC2)C1. The molecule has 5 rings (SSSR count). The molecule has 1 saturated heterocycles. The maximum Gasteiger partial charge on any atom is 0.257 e. The van der Waals surface area contributed by atoms with Gasteiger partial charge < -0.3 is 15.0 Å². The molecule has 6 heteroatoms. The third-order valence-electron chi connectivity index (χ3n) is 5.66. The van der Waals surface area contributed by atoms with Crippen LogP contribution in [0.2, 0.25) is 0 Å². The molecule has 1 saturated carbocycles. The van der Waals surface area contributed by atoms with Crippen molar-refractivity contribution in [2.45, 2.75) is 25.0 Å². The highest BCUT2D eigenvalue weighted by Crippen LogP contribution is 2.39. The predicted molar refractivity (Wildman–Crippen MR) is 114 cm³/mol. The minimum absolute atomic E-state index is 0.0452. The first-order chi connectivity index (χ1) is 14.8. The molecule has 0 unspecified atom stereocenters. The van der Waals surface area contributed by atoms with Gasteiger partial charge in [0, 0.05) is 24.6 Å². The van der Waals surface area contributed by atoms with Crippen LogP contribution in [-0.2, 0) is 4.74 Å². The minimum Gasteiger partial charge on any atom is -0.366 e. The van der Waals surface area contributed by atoms with Crippen molar-refractivity contribution in [2.75, 3.05) is 18.4 Å². The molecule has 0 spiro atoms. The molecule has 1 aromatic heterocycles. The molecule has 2 heterocycles. The van der Waals surface area contributed by atoms with Crippen LogP contribution in [0.1, 0.15) is 34.9 Å². The van der Waals surface area contributed by atoms with E-state index in [4.69, 9.17) is 4.74 Å². The molecular weight excluding hydrogens is 376 g/mol. The standard InChI is InChI=1S/C24H24N4O2/c29-23(19-13-25-24(26-14-19)27-20-9-5-2-6-10-20)28-15-21(17-7-3-1-4-8-17)30-22(16-28)18-11-12-18/h1-10,13-14,18,21-22H,11-12,15-16H2,(H,25,26,27)/t21-,22+/m0/s1. The number of morpholine rings is 1. The summed E-state index contributed by atoms with van der Waals surface area (Å²) in [7, 11) is 0. The molecule has 2 atom stereocenters. The lowest BCUT2D eigenvalue weighted by atomic mass is 10.0. The Morgan fingerprint density at radius 3 is 2.27 bits per heavy atom. The fourth-order valence-corrected chi connectivity index (χ4v) is 3.87. The average molecular weight is 400 g/mol. The predicted octanol–water partition coefficient (Wildman–Crippen LogP) is 4.21. The zero-order valence-electron chi connectivity index (χ0n) is 16.6. The highest BCUT2D eigenvalue weighted by atomic mass is 16.5. The van der Waals surface area contributed by atoms with Gasteiger partial charge in [-0.1, -0.05) is 48.5 Å². The topological polar surface area (TPSA) is 67.4 Å².